The van der Waals surface area contributed by atoms with E-state index in [0.717, 1.165) is 10.9 Å². The molecule has 0 radical (unpaired) electrons. The number of benzene rings is 1. The van der Waals surface area contributed by atoms with Crippen LogP contribution >= 0.6 is 28.6 Å². The molecule has 1 amide bonds. The molecule has 0 saturated carbocycles. The van der Waals surface area contributed by atoms with Crippen molar-refractivity contribution in [3.05, 3.63) is 28.2 Å². The van der Waals surface area contributed by atoms with Crippen LogP contribution in [0.25, 0.3) is 0 Å². The first-order valence-electron chi connectivity index (χ1n) is 5.49. The maximum absolute atomic E-state index is 11.8. The largest absolute Gasteiger partial charge is 0.382 e. The molecule has 0 aromatic heterocycles. The smallest absolute Gasteiger partial charge is 0.252 e. The average Bonchev–Trinajstić information content (AvgIpc) is 2.28. The highest BCUT2D eigenvalue weighted by Gasteiger charge is 2.08. The zero-order valence-electron chi connectivity index (χ0n) is 9.70. The molecule has 0 fully saturated rings. The number of amides is 1. The number of thiol groups is 1. The van der Waals surface area contributed by atoms with Crippen LogP contribution in [0.5, 0.6) is 0 Å². The fraction of sp³-hybridized carbons (Fsp3) is 0.417. The monoisotopic (exact) mass is 317 g/mol. The van der Waals surface area contributed by atoms with Crippen LogP contribution in [0.4, 0.5) is 0 Å². The van der Waals surface area contributed by atoms with Crippen molar-refractivity contribution >= 4 is 34.5 Å². The number of ether oxygens (including phenoxy) is 1. The fourth-order valence-electron chi connectivity index (χ4n) is 1.31. The lowest BCUT2D eigenvalue weighted by Gasteiger charge is -2.07. The molecule has 5 heteroatoms. The molecule has 1 aromatic carbocycles. The Morgan fingerprint density at radius 2 is 2.29 bits per heavy atom. The zero-order valence-corrected chi connectivity index (χ0v) is 12.2. The van der Waals surface area contributed by atoms with Crippen molar-refractivity contribution in [1.29, 1.82) is 0 Å². The third kappa shape index (κ3) is 5.10. The normalized spacial score (nSPS) is 10.3. The van der Waals surface area contributed by atoms with Gasteiger partial charge in [0.25, 0.3) is 5.91 Å². The lowest BCUT2D eigenvalue weighted by atomic mass is 10.2. The van der Waals surface area contributed by atoms with Crippen molar-refractivity contribution in [2.45, 2.75) is 18.2 Å². The Morgan fingerprint density at radius 1 is 1.53 bits per heavy atom. The molecule has 0 atom stereocenters. The third-order valence-electron chi connectivity index (χ3n) is 2.16. The molecule has 1 aromatic rings. The number of carbonyl (C=O) groups excluding carboxylic acids is 1. The summed E-state index contributed by atoms with van der Waals surface area (Å²) >= 11 is 7.60. The number of nitrogens with one attached hydrogen (secondary N) is 1. The van der Waals surface area contributed by atoms with Crippen molar-refractivity contribution in [3.63, 3.8) is 0 Å². The van der Waals surface area contributed by atoms with Gasteiger partial charge < -0.3 is 10.1 Å². The van der Waals surface area contributed by atoms with Gasteiger partial charge in [-0.1, -0.05) is 15.9 Å². The highest BCUT2D eigenvalue weighted by Crippen LogP contribution is 2.19. The van der Waals surface area contributed by atoms with E-state index in [2.05, 4.69) is 33.9 Å². The van der Waals surface area contributed by atoms with E-state index in [9.17, 15) is 4.79 Å². The van der Waals surface area contributed by atoms with Crippen molar-refractivity contribution in [2.75, 3.05) is 19.8 Å². The molecule has 0 aliphatic carbocycles. The molecule has 94 valence electrons. The second-order valence-electron chi connectivity index (χ2n) is 3.47. The molecule has 1 N–H and O–H groups in total. The van der Waals surface area contributed by atoms with Gasteiger partial charge in [-0.15, -0.1) is 12.6 Å². The first-order valence-corrected chi connectivity index (χ1v) is 6.73. The maximum atomic E-state index is 11.8. The van der Waals surface area contributed by atoms with Gasteiger partial charge in [-0.3, -0.25) is 4.79 Å². The van der Waals surface area contributed by atoms with Crippen LogP contribution in [0.2, 0.25) is 0 Å². The van der Waals surface area contributed by atoms with Crippen molar-refractivity contribution < 1.29 is 9.53 Å². The quantitative estimate of drug-likeness (QED) is 0.625. The molecule has 0 aliphatic rings. The van der Waals surface area contributed by atoms with Gasteiger partial charge >= 0.3 is 0 Å². The summed E-state index contributed by atoms with van der Waals surface area (Å²) in [6, 6.07) is 5.39. The number of carbonyl (C=O) groups is 1. The first kappa shape index (κ1) is 14.5. The Balaban J connectivity index is 2.42. The van der Waals surface area contributed by atoms with E-state index in [1.165, 1.54) is 0 Å². The van der Waals surface area contributed by atoms with Crippen LogP contribution in [0.1, 0.15) is 23.7 Å². The summed E-state index contributed by atoms with van der Waals surface area (Å²) in [5, 5.41) is 2.84. The molecule has 0 unspecified atom stereocenters. The van der Waals surface area contributed by atoms with Gasteiger partial charge in [0.15, 0.2) is 0 Å². The minimum absolute atomic E-state index is 0.0981. The molecule has 0 heterocycles. The predicted octanol–water partition coefficient (Wildman–Crippen LogP) is 2.89. The van der Waals surface area contributed by atoms with Gasteiger partial charge in [0.2, 0.25) is 0 Å². The van der Waals surface area contributed by atoms with Crippen LogP contribution in [-0.2, 0) is 4.74 Å². The molecule has 0 bridgehead atoms. The Morgan fingerprint density at radius 3 is 2.94 bits per heavy atom. The summed E-state index contributed by atoms with van der Waals surface area (Å²) in [6.45, 7) is 3.95. The Bertz CT molecular complexity index is 385. The summed E-state index contributed by atoms with van der Waals surface area (Å²) in [5.41, 5.74) is 0.591. The number of hydrogen-bond acceptors (Lipinski definition) is 3. The Labute approximate surface area is 115 Å². The lowest BCUT2D eigenvalue weighted by Crippen LogP contribution is -2.25. The van der Waals surface area contributed by atoms with Gasteiger partial charge in [0.05, 0.1) is 5.56 Å². The van der Waals surface area contributed by atoms with Crippen LogP contribution in [0, 0.1) is 0 Å². The van der Waals surface area contributed by atoms with Crippen molar-refractivity contribution in [1.82, 2.24) is 5.32 Å². The third-order valence-corrected chi connectivity index (χ3v) is 3.02. The SMILES string of the molecule is CCOCCCNC(=O)c1ccc(Br)cc1S. The van der Waals surface area contributed by atoms with Crippen LogP contribution in [0.15, 0.2) is 27.6 Å². The van der Waals surface area contributed by atoms with Gasteiger partial charge in [0.1, 0.15) is 0 Å². The van der Waals surface area contributed by atoms with Gasteiger partial charge in [-0.2, -0.15) is 0 Å². The molecule has 1 rings (SSSR count). The molecule has 0 spiro atoms. The molecule has 3 nitrogen and oxygen atoms in total. The molecule has 0 aliphatic heterocycles. The minimum atomic E-state index is -0.0981. The van der Waals surface area contributed by atoms with Crippen molar-refractivity contribution in [3.8, 4) is 0 Å². The van der Waals surface area contributed by atoms with Crippen LogP contribution < -0.4 is 5.32 Å². The second-order valence-corrected chi connectivity index (χ2v) is 4.87. The molecular weight excluding hydrogens is 302 g/mol. The van der Waals surface area contributed by atoms with Gasteiger partial charge in [0, 0.05) is 29.1 Å². The maximum Gasteiger partial charge on any atom is 0.252 e. The van der Waals surface area contributed by atoms with E-state index >= 15 is 0 Å². The average molecular weight is 318 g/mol. The highest BCUT2D eigenvalue weighted by atomic mass is 79.9. The van der Waals surface area contributed by atoms with Gasteiger partial charge in [-0.05, 0) is 31.5 Å². The number of hydrogen-bond donors (Lipinski definition) is 2. The molecule has 17 heavy (non-hydrogen) atoms. The topological polar surface area (TPSA) is 38.3 Å². The first-order chi connectivity index (χ1) is 8.15. The van der Waals surface area contributed by atoms with E-state index in [4.69, 9.17) is 4.74 Å². The fourth-order valence-corrected chi connectivity index (χ4v) is 2.17. The minimum Gasteiger partial charge on any atom is -0.382 e. The number of halogens is 1. The number of rotatable bonds is 6. The van der Waals surface area contributed by atoms with E-state index < -0.39 is 0 Å². The summed E-state index contributed by atoms with van der Waals surface area (Å²) in [5.74, 6) is -0.0981. The van der Waals surface area contributed by atoms with E-state index in [0.29, 0.717) is 30.2 Å². The summed E-state index contributed by atoms with van der Waals surface area (Å²) < 4.78 is 6.10. The van der Waals surface area contributed by atoms with E-state index in [-0.39, 0.29) is 5.91 Å². The Hall–Kier alpha value is -0.520. The van der Waals surface area contributed by atoms with Crippen LogP contribution in [-0.4, -0.2) is 25.7 Å². The molecular formula is C12H16BrNO2S. The van der Waals surface area contributed by atoms with Crippen molar-refractivity contribution in [2.24, 2.45) is 0 Å². The van der Waals surface area contributed by atoms with Gasteiger partial charge in [-0.25, -0.2) is 0 Å². The second kappa shape index (κ2) is 7.74. The summed E-state index contributed by atoms with van der Waals surface area (Å²) in [4.78, 5) is 12.5. The molecule has 0 saturated heterocycles. The highest BCUT2D eigenvalue weighted by molar-refractivity contribution is 9.10. The van der Waals surface area contributed by atoms with E-state index in [1.807, 2.05) is 13.0 Å². The predicted molar refractivity (Wildman–Crippen MR) is 74.8 cm³/mol. The van der Waals surface area contributed by atoms with Crippen LogP contribution in [0.3, 0.4) is 0 Å². The van der Waals surface area contributed by atoms with E-state index in [1.54, 1.807) is 12.1 Å². The summed E-state index contributed by atoms with van der Waals surface area (Å²) in [6.07, 6.45) is 0.817. The Kier molecular flexibility index (Phi) is 6.62. The lowest BCUT2D eigenvalue weighted by molar-refractivity contribution is 0.0941. The standard InChI is InChI=1S/C12H16BrNO2S/c1-2-16-7-3-6-14-12(15)10-5-4-9(13)8-11(10)17/h4-5,8,17H,2-3,6-7H2,1H3,(H,14,15). The summed E-state index contributed by atoms with van der Waals surface area (Å²) in [7, 11) is 0. The zero-order chi connectivity index (χ0) is 12.7.